The van der Waals surface area contributed by atoms with Crippen LogP contribution in [0.2, 0.25) is 5.02 Å². The minimum absolute atomic E-state index is 0.449. The molecule has 0 aromatic heterocycles. The Labute approximate surface area is 110 Å². The Morgan fingerprint density at radius 2 is 1.76 bits per heavy atom. The first kappa shape index (κ1) is 12.9. The molecule has 17 heavy (non-hydrogen) atoms. The van der Waals surface area contributed by atoms with E-state index in [1.165, 1.54) is 18.4 Å². The van der Waals surface area contributed by atoms with Gasteiger partial charge in [-0.1, -0.05) is 44.5 Å². The minimum Gasteiger partial charge on any atom is -0.307 e. The van der Waals surface area contributed by atoms with Gasteiger partial charge in [-0.3, -0.25) is 0 Å². The maximum Gasteiger partial charge on any atom is 0.0406 e. The van der Waals surface area contributed by atoms with Crippen LogP contribution < -0.4 is 5.32 Å². The third-order valence-electron chi connectivity index (χ3n) is 3.68. The van der Waals surface area contributed by atoms with Crippen molar-refractivity contribution in [3.63, 3.8) is 0 Å². The normalized spacial score (nSPS) is 25.7. The van der Waals surface area contributed by atoms with Crippen LogP contribution in [-0.4, -0.2) is 6.04 Å². The summed E-state index contributed by atoms with van der Waals surface area (Å²) >= 11 is 5.94. The maximum atomic E-state index is 5.94. The van der Waals surface area contributed by atoms with Gasteiger partial charge in [0.15, 0.2) is 0 Å². The van der Waals surface area contributed by atoms with Crippen molar-refractivity contribution in [3.05, 3.63) is 34.9 Å². The summed E-state index contributed by atoms with van der Waals surface area (Å²) in [4.78, 5) is 0. The Morgan fingerprint density at radius 3 is 2.24 bits per heavy atom. The highest BCUT2D eigenvalue weighted by molar-refractivity contribution is 6.30. The van der Waals surface area contributed by atoms with Gasteiger partial charge in [-0.05, 0) is 42.4 Å². The van der Waals surface area contributed by atoms with E-state index in [0.29, 0.717) is 18.0 Å². The van der Waals surface area contributed by atoms with E-state index in [2.05, 4.69) is 38.2 Å². The van der Waals surface area contributed by atoms with Crippen LogP contribution in [0.5, 0.6) is 0 Å². The molecule has 1 fully saturated rings. The topological polar surface area (TPSA) is 12.0 Å². The fourth-order valence-corrected chi connectivity index (χ4v) is 2.76. The predicted octanol–water partition coefficient (Wildman–Crippen LogP) is 4.43. The second-order valence-corrected chi connectivity index (χ2v) is 6.15. The molecule has 0 bridgehead atoms. The lowest BCUT2D eigenvalue weighted by Crippen LogP contribution is -2.43. The standard InChI is InChI=1S/C15H22ClN/c1-10(2)15(17-14-8-11(3)9-14)12-4-6-13(16)7-5-12/h4-7,10-11,14-15,17H,8-9H2,1-3H3. The first-order chi connectivity index (χ1) is 8.06. The van der Waals surface area contributed by atoms with Crippen LogP contribution in [-0.2, 0) is 0 Å². The highest BCUT2D eigenvalue weighted by Gasteiger charge is 2.28. The van der Waals surface area contributed by atoms with E-state index < -0.39 is 0 Å². The van der Waals surface area contributed by atoms with Crippen LogP contribution >= 0.6 is 11.6 Å². The van der Waals surface area contributed by atoms with Crippen LogP contribution in [0, 0.1) is 11.8 Å². The second-order valence-electron chi connectivity index (χ2n) is 5.71. The number of benzene rings is 1. The summed E-state index contributed by atoms with van der Waals surface area (Å²) in [6.45, 7) is 6.87. The van der Waals surface area contributed by atoms with E-state index in [-0.39, 0.29) is 0 Å². The van der Waals surface area contributed by atoms with Gasteiger partial charge < -0.3 is 5.32 Å². The lowest BCUT2D eigenvalue weighted by atomic mass is 9.80. The zero-order valence-electron chi connectivity index (χ0n) is 10.9. The third-order valence-corrected chi connectivity index (χ3v) is 3.94. The van der Waals surface area contributed by atoms with Crippen LogP contribution in [0.1, 0.15) is 45.2 Å². The third kappa shape index (κ3) is 3.23. The molecule has 1 aliphatic carbocycles. The van der Waals surface area contributed by atoms with Crippen molar-refractivity contribution < 1.29 is 0 Å². The fraction of sp³-hybridized carbons (Fsp3) is 0.600. The summed E-state index contributed by atoms with van der Waals surface area (Å²) in [6.07, 6.45) is 2.63. The quantitative estimate of drug-likeness (QED) is 0.835. The number of hydrogen-bond acceptors (Lipinski definition) is 1. The van der Waals surface area contributed by atoms with E-state index in [0.717, 1.165) is 10.9 Å². The van der Waals surface area contributed by atoms with Gasteiger partial charge in [-0.2, -0.15) is 0 Å². The van der Waals surface area contributed by atoms with Gasteiger partial charge in [0, 0.05) is 17.1 Å². The Bertz CT molecular complexity index is 352. The van der Waals surface area contributed by atoms with Gasteiger partial charge in [0.1, 0.15) is 0 Å². The van der Waals surface area contributed by atoms with Crippen molar-refractivity contribution in [1.82, 2.24) is 5.32 Å². The summed E-state index contributed by atoms with van der Waals surface area (Å²) in [5, 5.41) is 4.59. The van der Waals surface area contributed by atoms with Gasteiger partial charge in [-0.25, -0.2) is 0 Å². The van der Waals surface area contributed by atoms with Gasteiger partial charge in [-0.15, -0.1) is 0 Å². The average Bonchev–Trinajstić information content (AvgIpc) is 2.24. The van der Waals surface area contributed by atoms with E-state index in [9.17, 15) is 0 Å². The van der Waals surface area contributed by atoms with Crippen molar-refractivity contribution in [2.45, 2.75) is 45.7 Å². The van der Waals surface area contributed by atoms with Crippen molar-refractivity contribution in [2.75, 3.05) is 0 Å². The maximum absolute atomic E-state index is 5.94. The fourth-order valence-electron chi connectivity index (χ4n) is 2.64. The second kappa shape index (κ2) is 5.41. The molecule has 1 aromatic carbocycles. The highest BCUT2D eigenvalue weighted by Crippen LogP contribution is 2.31. The molecule has 2 rings (SSSR count). The largest absolute Gasteiger partial charge is 0.307 e. The van der Waals surface area contributed by atoms with Crippen LogP contribution in [0.15, 0.2) is 24.3 Å². The minimum atomic E-state index is 0.449. The molecule has 1 unspecified atom stereocenters. The lowest BCUT2D eigenvalue weighted by molar-refractivity contribution is 0.206. The summed E-state index contributed by atoms with van der Waals surface area (Å²) < 4.78 is 0. The molecule has 0 radical (unpaired) electrons. The lowest BCUT2D eigenvalue weighted by Gasteiger charge is -2.38. The first-order valence-electron chi connectivity index (χ1n) is 6.57. The summed E-state index contributed by atoms with van der Waals surface area (Å²) in [5.41, 5.74) is 1.35. The van der Waals surface area contributed by atoms with Gasteiger partial charge in [0.05, 0.1) is 0 Å². The SMILES string of the molecule is CC1CC(NC(c2ccc(Cl)cc2)C(C)C)C1. The van der Waals surface area contributed by atoms with Crippen LogP contribution in [0.25, 0.3) is 0 Å². The predicted molar refractivity (Wildman–Crippen MR) is 74.4 cm³/mol. The molecule has 0 aliphatic heterocycles. The molecular formula is C15H22ClN. The molecule has 94 valence electrons. The Morgan fingerprint density at radius 1 is 1.18 bits per heavy atom. The van der Waals surface area contributed by atoms with Crippen molar-refractivity contribution >= 4 is 11.6 Å². The number of rotatable bonds is 4. The molecule has 0 amide bonds. The Kier molecular flexibility index (Phi) is 4.11. The first-order valence-corrected chi connectivity index (χ1v) is 6.95. The number of nitrogens with one attached hydrogen (secondary N) is 1. The van der Waals surface area contributed by atoms with Gasteiger partial charge >= 0.3 is 0 Å². The molecule has 1 atom stereocenters. The molecule has 1 aliphatic rings. The average molecular weight is 252 g/mol. The summed E-state index contributed by atoms with van der Waals surface area (Å²) in [6, 6.07) is 9.40. The molecular weight excluding hydrogens is 230 g/mol. The van der Waals surface area contributed by atoms with E-state index in [1.807, 2.05) is 12.1 Å². The van der Waals surface area contributed by atoms with E-state index >= 15 is 0 Å². The van der Waals surface area contributed by atoms with Crippen molar-refractivity contribution in [3.8, 4) is 0 Å². The Hall–Kier alpha value is -0.530. The van der Waals surface area contributed by atoms with E-state index in [4.69, 9.17) is 11.6 Å². The number of halogens is 1. The summed E-state index contributed by atoms with van der Waals surface area (Å²) in [5.74, 6) is 1.50. The van der Waals surface area contributed by atoms with Crippen LogP contribution in [0.3, 0.4) is 0 Å². The molecule has 1 saturated carbocycles. The molecule has 1 nitrogen and oxygen atoms in total. The molecule has 2 heteroatoms. The van der Waals surface area contributed by atoms with Gasteiger partial charge in [0.25, 0.3) is 0 Å². The summed E-state index contributed by atoms with van der Waals surface area (Å²) in [7, 11) is 0. The molecule has 1 N–H and O–H groups in total. The highest BCUT2D eigenvalue weighted by atomic mass is 35.5. The molecule has 1 aromatic rings. The smallest absolute Gasteiger partial charge is 0.0406 e. The number of hydrogen-bond donors (Lipinski definition) is 1. The molecule has 0 heterocycles. The molecule has 0 spiro atoms. The zero-order chi connectivity index (χ0) is 12.4. The van der Waals surface area contributed by atoms with E-state index in [1.54, 1.807) is 0 Å². The zero-order valence-corrected chi connectivity index (χ0v) is 11.7. The van der Waals surface area contributed by atoms with Crippen molar-refractivity contribution in [2.24, 2.45) is 11.8 Å². The van der Waals surface area contributed by atoms with Crippen LogP contribution in [0.4, 0.5) is 0 Å². The van der Waals surface area contributed by atoms with Crippen molar-refractivity contribution in [1.29, 1.82) is 0 Å². The Balaban J connectivity index is 2.04. The van der Waals surface area contributed by atoms with Gasteiger partial charge in [0.2, 0.25) is 0 Å². The monoisotopic (exact) mass is 251 g/mol. The molecule has 0 saturated heterocycles.